The highest BCUT2D eigenvalue weighted by Crippen LogP contribution is 2.38. The average Bonchev–Trinajstić information content (AvgIpc) is 2.60. The summed E-state index contributed by atoms with van der Waals surface area (Å²) in [7, 11) is 0. The lowest BCUT2D eigenvalue weighted by Crippen LogP contribution is -2.13. The van der Waals surface area contributed by atoms with Crippen LogP contribution in [-0.4, -0.2) is 6.61 Å². The van der Waals surface area contributed by atoms with E-state index < -0.39 is 35.1 Å². The quantitative estimate of drug-likeness (QED) is 0.412. The minimum Gasteiger partial charge on any atom is -0.494 e. The van der Waals surface area contributed by atoms with Gasteiger partial charge in [0.05, 0.1) is 17.7 Å². The summed E-state index contributed by atoms with van der Waals surface area (Å²) in [6.45, 7) is 2.46. The maximum Gasteiger partial charge on any atom is 0.416 e. The predicted molar refractivity (Wildman–Crippen MR) is 85.8 cm³/mol. The van der Waals surface area contributed by atoms with Gasteiger partial charge in [0.2, 0.25) is 0 Å². The molecule has 0 bridgehead atoms. The third kappa shape index (κ3) is 5.63. The van der Waals surface area contributed by atoms with Crippen molar-refractivity contribution >= 4 is 0 Å². The zero-order valence-electron chi connectivity index (χ0n) is 14.3. The molecule has 1 atom stereocenters. The highest BCUT2D eigenvalue weighted by molar-refractivity contribution is 5.39. The van der Waals surface area contributed by atoms with Crippen LogP contribution in [0.15, 0.2) is 42.5 Å². The van der Waals surface area contributed by atoms with E-state index in [1.807, 2.05) is 6.92 Å². The summed E-state index contributed by atoms with van der Waals surface area (Å²) in [5.74, 6) is 0.472. The number of benzene rings is 2. The first kappa shape index (κ1) is 21.1. The van der Waals surface area contributed by atoms with Gasteiger partial charge in [0.1, 0.15) is 11.9 Å². The summed E-state index contributed by atoms with van der Waals surface area (Å²) < 4.78 is 82.9. The van der Waals surface area contributed by atoms with E-state index in [9.17, 15) is 31.4 Å². The summed E-state index contributed by atoms with van der Waals surface area (Å²) in [6, 6.07) is 6.53. The van der Waals surface area contributed by atoms with Crippen molar-refractivity contribution in [3.63, 3.8) is 0 Å². The highest BCUT2D eigenvalue weighted by atomic mass is 19.4. The lowest BCUT2D eigenvalue weighted by Gasteiger charge is -2.17. The van der Waals surface area contributed by atoms with Crippen LogP contribution < -0.4 is 4.74 Å². The van der Waals surface area contributed by atoms with Crippen molar-refractivity contribution in [1.29, 1.82) is 0 Å². The number of hydrogen-bond acceptors (Lipinski definition) is 1. The van der Waals surface area contributed by atoms with Crippen LogP contribution in [0.5, 0.6) is 5.75 Å². The fourth-order valence-electron chi connectivity index (χ4n) is 2.40. The normalized spacial score (nSPS) is 13.5. The van der Waals surface area contributed by atoms with Crippen molar-refractivity contribution in [3.05, 3.63) is 64.7 Å². The lowest BCUT2D eigenvalue weighted by atomic mass is 9.96. The van der Waals surface area contributed by atoms with Crippen LogP contribution in [0.25, 0.3) is 0 Å². The lowest BCUT2D eigenvalue weighted by molar-refractivity contribution is -0.143. The van der Waals surface area contributed by atoms with Crippen molar-refractivity contribution in [3.8, 4) is 5.75 Å². The molecule has 2 nitrogen and oxygen atoms in total. The number of unbranched alkanes of at least 4 members (excludes halogenated alkanes) is 1. The fraction of sp³-hybridized carbons (Fsp3) is 0.368. The van der Waals surface area contributed by atoms with Gasteiger partial charge < -0.3 is 4.74 Å². The Balaban J connectivity index is 2.33. The molecule has 8 heteroatoms. The van der Waals surface area contributed by atoms with Gasteiger partial charge in [0.25, 0.3) is 0 Å². The fourth-order valence-corrected chi connectivity index (χ4v) is 2.40. The second-order valence-corrected chi connectivity index (χ2v) is 5.99. The molecule has 0 aliphatic rings. The first-order chi connectivity index (χ1) is 12.5. The van der Waals surface area contributed by atoms with Crippen LogP contribution in [0.2, 0.25) is 0 Å². The number of hydrogen-bond donors (Lipinski definition) is 0. The Labute approximate surface area is 152 Å². The zero-order chi connectivity index (χ0) is 20.2. The minimum atomic E-state index is -4.99. The zero-order valence-corrected chi connectivity index (χ0v) is 14.3. The summed E-state index contributed by atoms with van der Waals surface area (Å²) in [4.78, 5) is 0. The maximum atomic E-state index is 12.9. The first-order valence-electron chi connectivity index (χ1n) is 8.20. The molecule has 27 heavy (non-hydrogen) atoms. The number of ether oxygens (including phenoxy) is 1. The third-order valence-corrected chi connectivity index (χ3v) is 3.86. The Bertz CT molecular complexity index is 718. The molecule has 0 N–H and O–H groups in total. The van der Waals surface area contributed by atoms with Gasteiger partial charge in [-0.25, -0.2) is 5.11 Å². The Kier molecular flexibility index (Phi) is 6.41. The maximum absolute atomic E-state index is 12.9. The van der Waals surface area contributed by atoms with E-state index in [1.54, 1.807) is 0 Å². The van der Waals surface area contributed by atoms with Crippen molar-refractivity contribution in [2.24, 2.45) is 0 Å². The summed E-state index contributed by atoms with van der Waals surface area (Å²) >= 11 is 0. The van der Waals surface area contributed by atoms with E-state index in [4.69, 9.17) is 4.74 Å². The standard InChI is InChI=1S/C19H17F6O2/c1-2-3-8-27-16-6-4-12(5-7-16)17(26)13-9-14(18(20,21)22)11-15(10-13)19(23,24)25/h4-7,9-11,17H,2-3,8H2,1H3. The van der Waals surface area contributed by atoms with Crippen LogP contribution in [0.1, 0.15) is 48.1 Å². The topological polar surface area (TPSA) is 29.1 Å². The van der Waals surface area contributed by atoms with Crippen molar-refractivity contribution in [1.82, 2.24) is 0 Å². The van der Waals surface area contributed by atoms with E-state index in [-0.39, 0.29) is 11.6 Å². The molecule has 1 radical (unpaired) electrons. The molecule has 0 aromatic heterocycles. The van der Waals surface area contributed by atoms with Gasteiger partial charge in [0, 0.05) is 0 Å². The number of halogens is 6. The Hall–Kier alpha value is -2.22. The van der Waals surface area contributed by atoms with E-state index in [2.05, 4.69) is 0 Å². The van der Waals surface area contributed by atoms with Crippen molar-refractivity contribution < 1.29 is 36.2 Å². The molecule has 0 saturated heterocycles. The summed E-state index contributed by atoms with van der Waals surface area (Å²) in [6.07, 6.45) is -10.1. The molecule has 0 fully saturated rings. The van der Waals surface area contributed by atoms with Gasteiger partial charge in [-0.05, 0) is 47.9 Å². The second kappa shape index (κ2) is 8.21. The van der Waals surface area contributed by atoms with Gasteiger partial charge in [0.15, 0.2) is 0 Å². The molecule has 2 rings (SSSR count). The Morgan fingerprint density at radius 1 is 0.852 bits per heavy atom. The van der Waals surface area contributed by atoms with Crippen LogP contribution >= 0.6 is 0 Å². The van der Waals surface area contributed by atoms with E-state index in [0.29, 0.717) is 24.5 Å². The van der Waals surface area contributed by atoms with Crippen molar-refractivity contribution in [2.45, 2.75) is 38.2 Å². The van der Waals surface area contributed by atoms with Gasteiger partial charge in [-0.1, -0.05) is 25.5 Å². The molecule has 0 aliphatic heterocycles. The molecule has 0 saturated carbocycles. The van der Waals surface area contributed by atoms with Gasteiger partial charge in [-0.2, -0.15) is 26.3 Å². The predicted octanol–water partition coefficient (Wildman–Crippen LogP) is 6.42. The molecule has 2 aromatic rings. The molecule has 0 heterocycles. The number of alkyl halides is 6. The molecular weight excluding hydrogens is 374 g/mol. The minimum absolute atomic E-state index is 0.000882. The third-order valence-electron chi connectivity index (χ3n) is 3.86. The Morgan fingerprint density at radius 2 is 1.37 bits per heavy atom. The van der Waals surface area contributed by atoms with E-state index >= 15 is 0 Å². The van der Waals surface area contributed by atoms with E-state index in [1.165, 1.54) is 24.3 Å². The first-order valence-corrected chi connectivity index (χ1v) is 8.20. The molecular formula is C19H17F6O2. The Morgan fingerprint density at radius 3 is 1.81 bits per heavy atom. The van der Waals surface area contributed by atoms with Gasteiger partial charge >= 0.3 is 12.4 Å². The van der Waals surface area contributed by atoms with Gasteiger partial charge in [-0.3, -0.25) is 0 Å². The molecule has 0 aliphatic carbocycles. The van der Waals surface area contributed by atoms with Gasteiger partial charge in [-0.15, -0.1) is 0 Å². The molecule has 0 amide bonds. The largest absolute Gasteiger partial charge is 0.494 e. The van der Waals surface area contributed by atoms with Crippen LogP contribution in [0.3, 0.4) is 0 Å². The van der Waals surface area contributed by atoms with Crippen molar-refractivity contribution in [2.75, 3.05) is 6.61 Å². The van der Waals surface area contributed by atoms with Crippen LogP contribution in [0, 0.1) is 0 Å². The summed E-state index contributed by atoms with van der Waals surface area (Å²) in [5, 5.41) is 12.5. The smallest absolute Gasteiger partial charge is 0.416 e. The monoisotopic (exact) mass is 391 g/mol. The molecule has 1 unspecified atom stereocenters. The average molecular weight is 391 g/mol. The summed E-state index contributed by atoms with van der Waals surface area (Å²) in [5.41, 5.74) is -3.57. The highest BCUT2D eigenvalue weighted by Gasteiger charge is 2.37. The molecule has 147 valence electrons. The van der Waals surface area contributed by atoms with E-state index in [0.717, 1.165) is 12.8 Å². The SMILES string of the molecule is CCCCOc1ccc(C([O])c2cc(C(F)(F)F)cc(C(F)(F)F)c2)cc1. The van der Waals surface area contributed by atoms with Crippen LogP contribution in [0.4, 0.5) is 26.3 Å². The molecule has 2 aromatic carbocycles. The number of rotatable bonds is 6. The molecule has 0 spiro atoms. The van der Waals surface area contributed by atoms with Crippen LogP contribution in [-0.2, 0) is 17.5 Å². The second-order valence-electron chi connectivity index (χ2n) is 5.99.